The number of hydrogen-bond acceptors (Lipinski definition) is 4. The van der Waals surface area contributed by atoms with Gasteiger partial charge in [-0.3, -0.25) is 14.4 Å². The lowest BCUT2D eigenvalue weighted by atomic mass is 9.99. The van der Waals surface area contributed by atoms with Crippen LogP contribution in [0.15, 0.2) is 46.2 Å². The second-order valence-electron chi connectivity index (χ2n) is 5.77. The SMILES string of the molecule is Cc1nnc2n(c1=O)-c1ccc(Cl)cc1C(c1c(F)cccc1F)=NC2. The van der Waals surface area contributed by atoms with E-state index in [-0.39, 0.29) is 34.9 Å². The molecule has 1 aliphatic heterocycles. The molecule has 0 spiro atoms. The lowest BCUT2D eigenvalue weighted by molar-refractivity contribution is 0.579. The Hall–Kier alpha value is -2.93. The Labute approximate surface area is 151 Å². The standard InChI is InChI=1S/C18H11ClF2N4O/c1-9-18(26)25-14-6-5-10(19)7-11(14)17(22-8-15(25)24-23-9)16-12(20)3-2-4-13(16)21/h2-7H,8H2,1H3. The fraction of sp³-hybridized carbons (Fsp3) is 0.111. The van der Waals surface area contributed by atoms with Gasteiger partial charge in [-0.05, 0) is 37.3 Å². The van der Waals surface area contributed by atoms with Crippen molar-refractivity contribution in [1.82, 2.24) is 14.8 Å². The van der Waals surface area contributed by atoms with Gasteiger partial charge in [-0.1, -0.05) is 17.7 Å². The fourth-order valence-electron chi connectivity index (χ4n) is 2.92. The molecule has 1 aliphatic rings. The van der Waals surface area contributed by atoms with Gasteiger partial charge in [0.15, 0.2) is 5.82 Å². The van der Waals surface area contributed by atoms with Crippen molar-refractivity contribution in [2.75, 3.05) is 0 Å². The number of hydrogen-bond donors (Lipinski definition) is 0. The predicted octanol–water partition coefficient (Wildman–Crippen LogP) is 3.22. The molecular formula is C18H11ClF2N4O. The van der Waals surface area contributed by atoms with E-state index in [1.807, 2.05) is 0 Å². The molecule has 0 bridgehead atoms. The summed E-state index contributed by atoms with van der Waals surface area (Å²) in [5, 5.41) is 8.20. The van der Waals surface area contributed by atoms with Crippen molar-refractivity contribution in [3.63, 3.8) is 0 Å². The van der Waals surface area contributed by atoms with Crippen LogP contribution in [-0.2, 0) is 6.54 Å². The van der Waals surface area contributed by atoms with Gasteiger partial charge in [-0.25, -0.2) is 8.78 Å². The van der Waals surface area contributed by atoms with Gasteiger partial charge < -0.3 is 0 Å². The number of benzene rings is 2. The van der Waals surface area contributed by atoms with Crippen molar-refractivity contribution in [3.8, 4) is 5.69 Å². The van der Waals surface area contributed by atoms with Gasteiger partial charge in [-0.15, -0.1) is 10.2 Å². The smallest absolute Gasteiger partial charge is 0.276 e. The summed E-state index contributed by atoms with van der Waals surface area (Å²) in [5.74, 6) is -1.23. The molecule has 0 unspecified atom stereocenters. The van der Waals surface area contributed by atoms with Crippen LogP contribution in [0.3, 0.4) is 0 Å². The highest BCUT2D eigenvalue weighted by atomic mass is 35.5. The van der Waals surface area contributed by atoms with E-state index in [1.165, 1.54) is 16.7 Å². The van der Waals surface area contributed by atoms with E-state index in [0.717, 1.165) is 12.1 Å². The zero-order valence-electron chi connectivity index (χ0n) is 13.5. The summed E-state index contributed by atoms with van der Waals surface area (Å²) in [6, 6.07) is 8.30. The fourth-order valence-corrected chi connectivity index (χ4v) is 3.09. The first kappa shape index (κ1) is 16.5. The first-order chi connectivity index (χ1) is 12.5. The molecule has 0 aliphatic carbocycles. The Morgan fingerprint density at radius 3 is 2.58 bits per heavy atom. The minimum atomic E-state index is -0.754. The Morgan fingerprint density at radius 1 is 1.12 bits per heavy atom. The monoisotopic (exact) mass is 372 g/mol. The van der Waals surface area contributed by atoms with Crippen molar-refractivity contribution in [2.45, 2.75) is 13.5 Å². The van der Waals surface area contributed by atoms with Gasteiger partial charge in [0.2, 0.25) is 0 Å². The molecule has 0 fully saturated rings. The van der Waals surface area contributed by atoms with E-state index in [4.69, 9.17) is 11.6 Å². The third-order valence-corrected chi connectivity index (χ3v) is 4.35. The number of aryl methyl sites for hydroxylation is 1. The zero-order valence-corrected chi connectivity index (χ0v) is 14.3. The molecule has 2 heterocycles. The van der Waals surface area contributed by atoms with Gasteiger partial charge >= 0.3 is 0 Å². The van der Waals surface area contributed by atoms with Crippen LogP contribution in [0.2, 0.25) is 5.02 Å². The van der Waals surface area contributed by atoms with Crippen LogP contribution in [0.4, 0.5) is 8.78 Å². The first-order valence-electron chi connectivity index (χ1n) is 7.71. The van der Waals surface area contributed by atoms with Crippen LogP contribution in [-0.4, -0.2) is 20.5 Å². The number of aromatic nitrogens is 3. The molecule has 8 heteroatoms. The van der Waals surface area contributed by atoms with E-state index in [9.17, 15) is 13.6 Å². The zero-order chi connectivity index (χ0) is 18.4. The van der Waals surface area contributed by atoms with E-state index >= 15 is 0 Å². The van der Waals surface area contributed by atoms with Crippen molar-refractivity contribution in [1.29, 1.82) is 0 Å². The second-order valence-corrected chi connectivity index (χ2v) is 6.20. The highest BCUT2D eigenvalue weighted by Gasteiger charge is 2.25. The molecule has 2 aromatic carbocycles. The maximum Gasteiger partial charge on any atom is 0.279 e. The van der Waals surface area contributed by atoms with Crippen LogP contribution in [0, 0.1) is 18.6 Å². The molecule has 0 radical (unpaired) electrons. The average molecular weight is 373 g/mol. The number of aliphatic imine (C=N–C) groups is 1. The molecule has 0 atom stereocenters. The van der Waals surface area contributed by atoms with Crippen molar-refractivity contribution < 1.29 is 8.78 Å². The Balaban J connectivity index is 2.09. The molecule has 26 heavy (non-hydrogen) atoms. The summed E-state index contributed by atoms with van der Waals surface area (Å²) in [7, 11) is 0. The summed E-state index contributed by atoms with van der Waals surface area (Å²) < 4.78 is 30.1. The Kier molecular flexibility index (Phi) is 3.88. The third-order valence-electron chi connectivity index (χ3n) is 4.12. The number of halogens is 3. The van der Waals surface area contributed by atoms with Gasteiger partial charge in [-0.2, -0.15) is 0 Å². The summed E-state index contributed by atoms with van der Waals surface area (Å²) in [5.41, 5.74) is 0.363. The van der Waals surface area contributed by atoms with E-state index in [1.54, 1.807) is 19.1 Å². The quantitative estimate of drug-likeness (QED) is 0.659. The van der Waals surface area contributed by atoms with Gasteiger partial charge in [0, 0.05) is 10.6 Å². The predicted molar refractivity (Wildman–Crippen MR) is 93.1 cm³/mol. The van der Waals surface area contributed by atoms with Crippen LogP contribution >= 0.6 is 11.6 Å². The molecule has 0 saturated carbocycles. The molecule has 130 valence electrons. The van der Waals surface area contributed by atoms with E-state index in [2.05, 4.69) is 15.2 Å². The van der Waals surface area contributed by atoms with Crippen molar-refractivity contribution >= 4 is 17.3 Å². The number of fused-ring (bicyclic) bond motifs is 3. The van der Waals surface area contributed by atoms with Crippen LogP contribution in [0.1, 0.15) is 22.6 Å². The molecule has 3 aromatic rings. The molecular weight excluding hydrogens is 362 g/mol. The van der Waals surface area contributed by atoms with Gasteiger partial charge in [0.25, 0.3) is 5.56 Å². The number of rotatable bonds is 1. The summed E-state index contributed by atoms with van der Waals surface area (Å²) in [6.07, 6.45) is 0. The van der Waals surface area contributed by atoms with E-state index < -0.39 is 11.6 Å². The topological polar surface area (TPSA) is 60.1 Å². The van der Waals surface area contributed by atoms with Crippen molar-refractivity contribution in [2.24, 2.45) is 4.99 Å². The second kappa shape index (κ2) is 6.10. The Morgan fingerprint density at radius 2 is 1.85 bits per heavy atom. The summed E-state index contributed by atoms with van der Waals surface area (Å²) in [6.45, 7) is 1.49. The number of nitrogens with zero attached hydrogens (tertiary/aromatic N) is 4. The van der Waals surface area contributed by atoms with Gasteiger partial charge in [0.1, 0.15) is 23.9 Å². The highest BCUT2D eigenvalue weighted by molar-refractivity contribution is 6.31. The molecule has 5 nitrogen and oxygen atoms in total. The first-order valence-corrected chi connectivity index (χ1v) is 8.09. The largest absolute Gasteiger partial charge is 0.279 e. The molecule has 1 aromatic heterocycles. The maximum absolute atomic E-state index is 14.4. The molecule has 0 amide bonds. The lowest BCUT2D eigenvalue weighted by Gasteiger charge is -2.14. The lowest BCUT2D eigenvalue weighted by Crippen LogP contribution is -2.27. The van der Waals surface area contributed by atoms with E-state index in [0.29, 0.717) is 16.3 Å². The van der Waals surface area contributed by atoms with Crippen LogP contribution in [0.5, 0.6) is 0 Å². The highest BCUT2D eigenvalue weighted by Crippen LogP contribution is 2.28. The normalized spacial score (nSPS) is 12.8. The van der Waals surface area contributed by atoms with Gasteiger partial charge in [0.05, 0.1) is 17.0 Å². The summed E-state index contributed by atoms with van der Waals surface area (Å²) >= 11 is 6.10. The average Bonchev–Trinajstić information content (AvgIpc) is 2.76. The van der Waals surface area contributed by atoms with Crippen molar-refractivity contribution in [3.05, 3.63) is 86.1 Å². The Bertz CT molecular complexity index is 1120. The molecule has 0 saturated heterocycles. The van der Waals surface area contributed by atoms with Crippen LogP contribution in [0.25, 0.3) is 5.69 Å². The maximum atomic E-state index is 14.4. The molecule has 4 rings (SSSR count). The minimum Gasteiger partial charge on any atom is -0.276 e. The molecule has 0 N–H and O–H groups in total. The minimum absolute atomic E-state index is 0.0576. The summed E-state index contributed by atoms with van der Waals surface area (Å²) in [4.78, 5) is 16.9. The van der Waals surface area contributed by atoms with Crippen LogP contribution < -0.4 is 5.56 Å². The third kappa shape index (κ3) is 2.52.